The Labute approximate surface area is 415 Å². The summed E-state index contributed by atoms with van der Waals surface area (Å²) in [6.07, 6.45) is 0. The number of para-hydroxylation sites is 3. The van der Waals surface area contributed by atoms with Crippen LogP contribution in [0.4, 0.5) is 17.1 Å². The van der Waals surface area contributed by atoms with E-state index in [4.69, 9.17) is 0 Å². The number of fused-ring (bicyclic) bond motifs is 3. The Morgan fingerprint density at radius 2 is 0.729 bits per heavy atom. The molecule has 0 bridgehead atoms. The van der Waals surface area contributed by atoms with Crippen LogP contribution < -0.4 is 4.90 Å². The lowest BCUT2D eigenvalue weighted by atomic mass is 9.78. The molecule has 0 aliphatic rings. The number of anilines is 3. The van der Waals surface area contributed by atoms with Gasteiger partial charge in [0.1, 0.15) is 0 Å². The molecule has 0 aliphatic heterocycles. The molecule has 0 spiro atoms. The Hall–Kier alpha value is -7.16. The second kappa shape index (κ2) is 16.2. The first-order chi connectivity index (χ1) is 33.2. The van der Waals surface area contributed by atoms with E-state index >= 15 is 0 Å². The van der Waals surface area contributed by atoms with Gasteiger partial charge in [-0.15, -0.1) is 0 Å². The number of benzene rings is 10. The Balaban J connectivity index is 1.15. The van der Waals surface area contributed by atoms with E-state index in [2.05, 4.69) is 275 Å². The van der Waals surface area contributed by atoms with Gasteiger partial charge in [-0.25, -0.2) is 0 Å². The minimum Gasteiger partial charge on any atom is -0.310 e. The van der Waals surface area contributed by atoms with Crippen LogP contribution >= 0.6 is 0 Å². The summed E-state index contributed by atoms with van der Waals surface area (Å²) in [4.78, 5) is 2.51. The maximum Gasteiger partial charge on any atom is 0.0541 e. The SMILES string of the molecule is CC(C)(C)c1cc(-c2cc(N(c3ccccc3)c3ccc4ccc5c(-n6c7ccccc7c7ccccc76)ccc6ccc3c4c65)cc(C(C)(C)C)c2)cc(-c2cc(C(C)(C)C)cc(C(C)(C)C)c2)c1. The largest absolute Gasteiger partial charge is 0.310 e. The molecule has 0 N–H and O–H groups in total. The zero-order chi connectivity index (χ0) is 49.1. The van der Waals surface area contributed by atoms with Crippen LogP contribution in [0, 0.1) is 0 Å². The van der Waals surface area contributed by atoms with Gasteiger partial charge in [-0.05, 0) is 142 Å². The fourth-order valence-electron chi connectivity index (χ4n) is 10.7. The van der Waals surface area contributed by atoms with Gasteiger partial charge in [-0.3, -0.25) is 0 Å². The van der Waals surface area contributed by atoms with Crippen LogP contribution in [0.3, 0.4) is 0 Å². The molecule has 0 saturated heterocycles. The highest BCUT2D eigenvalue weighted by atomic mass is 15.1. The van der Waals surface area contributed by atoms with E-state index in [0.29, 0.717) is 0 Å². The Bertz CT molecular complexity index is 3710. The minimum absolute atomic E-state index is 0.0110. The number of aromatic nitrogens is 1. The minimum atomic E-state index is -0.119. The van der Waals surface area contributed by atoms with Crippen molar-refractivity contribution in [2.24, 2.45) is 0 Å². The molecule has 2 heteroatoms. The first-order valence-electron chi connectivity index (χ1n) is 25.2. The number of hydrogen-bond donors (Lipinski definition) is 0. The lowest BCUT2D eigenvalue weighted by Gasteiger charge is -2.30. The van der Waals surface area contributed by atoms with Gasteiger partial charge in [0.25, 0.3) is 0 Å². The van der Waals surface area contributed by atoms with E-state index in [0.717, 1.165) is 17.1 Å². The van der Waals surface area contributed by atoms with E-state index in [1.165, 1.54) is 104 Å². The first-order valence-corrected chi connectivity index (χ1v) is 25.2. The molecule has 70 heavy (non-hydrogen) atoms. The molecule has 348 valence electrons. The molecule has 0 aliphatic carbocycles. The van der Waals surface area contributed by atoms with E-state index in [-0.39, 0.29) is 21.7 Å². The summed E-state index contributed by atoms with van der Waals surface area (Å²) in [5, 5.41) is 10.1. The Morgan fingerprint density at radius 1 is 0.314 bits per heavy atom. The average molecular weight is 911 g/mol. The predicted molar refractivity (Wildman–Crippen MR) is 305 cm³/mol. The second-order valence-electron chi connectivity index (χ2n) is 24.0. The van der Waals surface area contributed by atoms with Gasteiger partial charge >= 0.3 is 0 Å². The molecule has 0 radical (unpaired) electrons. The van der Waals surface area contributed by atoms with E-state index in [1.54, 1.807) is 0 Å². The first kappa shape index (κ1) is 45.3. The fourth-order valence-corrected chi connectivity index (χ4v) is 10.7. The van der Waals surface area contributed by atoms with Crippen LogP contribution in [0.2, 0.25) is 0 Å². The quantitative estimate of drug-likeness (QED) is 0.151. The molecule has 0 amide bonds. The van der Waals surface area contributed by atoms with Crippen molar-refractivity contribution >= 4 is 71.2 Å². The summed E-state index contributed by atoms with van der Waals surface area (Å²) in [5.41, 5.74) is 17.2. The topological polar surface area (TPSA) is 8.17 Å². The molecule has 10 aromatic carbocycles. The van der Waals surface area contributed by atoms with Crippen LogP contribution in [0.5, 0.6) is 0 Å². The lowest BCUT2D eigenvalue weighted by molar-refractivity contribution is 0.569. The van der Waals surface area contributed by atoms with Gasteiger partial charge in [0.2, 0.25) is 0 Å². The number of rotatable bonds is 6. The molecule has 11 rings (SSSR count). The highest BCUT2D eigenvalue weighted by Gasteiger charge is 2.26. The van der Waals surface area contributed by atoms with E-state index in [9.17, 15) is 0 Å². The zero-order valence-electron chi connectivity index (χ0n) is 43.2. The van der Waals surface area contributed by atoms with Crippen molar-refractivity contribution in [3.63, 3.8) is 0 Å². The van der Waals surface area contributed by atoms with Gasteiger partial charge < -0.3 is 9.47 Å². The van der Waals surface area contributed by atoms with Gasteiger partial charge in [-0.1, -0.05) is 210 Å². The molecule has 0 atom stereocenters. The third-order valence-corrected chi connectivity index (χ3v) is 14.9. The summed E-state index contributed by atoms with van der Waals surface area (Å²) in [7, 11) is 0. The van der Waals surface area contributed by atoms with Gasteiger partial charge in [0.05, 0.1) is 22.4 Å². The zero-order valence-corrected chi connectivity index (χ0v) is 43.2. The third kappa shape index (κ3) is 7.83. The third-order valence-electron chi connectivity index (χ3n) is 14.9. The molecular weight excluding hydrogens is 845 g/mol. The van der Waals surface area contributed by atoms with Crippen molar-refractivity contribution in [1.82, 2.24) is 4.57 Å². The highest BCUT2D eigenvalue weighted by Crippen LogP contribution is 2.48. The van der Waals surface area contributed by atoms with Gasteiger partial charge in [0.15, 0.2) is 0 Å². The van der Waals surface area contributed by atoms with Crippen molar-refractivity contribution in [1.29, 1.82) is 0 Å². The molecule has 2 nitrogen and oxygen atoms in total. The maximum atomic E-state index is 2.51. The number of nitrogens with zero attached hydrogens (tertiary/aromatic N) is 2. The van der Waals surface area contributed by atoms with Crippen molar-refractivity contribution in [3.05, 3.63) is 204 Å². The standard InChI is InChI=1S/C68H66N2/c1-65(2,3)49-35-45(47-37-50(66(4,5)6)41-51(38-47)67(7,8)9)34-46(36-49)48-39-52(68(10,11)12)42-54(40-48)69(53-20-14-13-15-21-53)61-32-28-43-27-31-58-62(33-29-44-26-30-57(61)63(43)64(44)58)70-59-24-18-16-22-55(59)56-23-17-19-25-60(56)70/h13-42H,1-12H3. The molecule has 0 unspecified atom stereocenters. The van der Waals surface area contributed by atoms with Crippen LogP contribution in [0.1, 0.15) is 105 Å². The van der Waals surface area contributed by atoms with Crippen LogP contribution in [-0.4, -0.2) is 4.57 Å². The smallest absolute Gasteiger partial charge is 0.0541 e. The maximum absolute atomic E-state index is 2.51. The summed E-state index contributed by atoms with van der Waals surface area (Å²) in [6, 6.07) is 69.3. The Morgan fingerprint density at radius 3 is 1.27 bits per heavy atom. The second-order valence-corrected chi connectivity index (χ2v) is 24.0. The Kier molecular flexibility index (Phi) is 10.5. The molecule has 11 aromatic rings. The fraction of sp³-hybridized carbons (Fsp3) is 0.235. The highest BCUT2D eigenvalue weighted by molar-refractivity contribution is 6.27. The van der Waals surface area contributed by atoms with Crippen LogP contribution in [-0.2, 0) is 21.7 Å². The van der Waals surface area contributed by atoms with Gasteiger partial charge in [-0.2, -0.15) is 0 Å². The number of hydrogen-bond acceptors (Lipinski definition) is 1. The average Bonchev–Trinajstić information content (AvgIpc) is 3.66. The molecular formula is C68H66N2. The summed E-state index contributed by atoms with van der Waals surface area (Å²) < 4.78 is 2.47. The van der Waals surface area contributed by atoms with E-state index < -0.39 is 0 Å². The molecule has 1 aromatic heterocycles. The summed E-state index contributed by atoms with van der Waals surface area (Å²) >= 11 is 0. The van der Waals surface area contributed by atoms with Crippen molar-refractivity contribution in [2.45, 2.75) is 105 Å². The normalized spacial score (nSPS) is 12.9. The summed E-state index contributed by atoms with van der Waals surface area (Å²) in [5.74, 6) is 0. The van der Waals surface area contributed by atoms with Crippen molar-refractivity contribution < 1.29 is 0 Å². The molecule has 0 saturated carbocycles. The monoisotopic (exact) mass is 911 g/mol. The molecule has 1 heterocycles. The van der Waals surface area contributed by atoms with E-state index in [1.807, 2.05) is 0 Å². The van der Waals surface area contributed by atoms with Crippen LogP contribution in [0.15, 0.2) is 182 Å². The van der Waals surface area contributed by atoms with Gasteiger partial charge in [0, 0.05) is 32.9 Å². The summed E-state index contributed by atoms with van der Waals surface area (Å²) in [6.45, 7) is 28.1. The van der Waals surface area contributed by atoms with Crippen molar-refractivity contribution in [2.75, 3.05) is 4.90 Å². The lowest BCUT2D eigenvalue weighted by Crippen LogP contribution is -2.16. The van der Waals surface area contributed by atoms with Crippen molar-refractivity contribution in [3.8, 4) is 27.9 Å². The van der Waals surface area contributed by atoms with Crippen LogP contribution in [0.25, 0.3) is 82.1 Å². The molecule has 0 fully saturated rings. The predicted octanol–water partition coefficient (Wildman–Crippen LogP) is 19.7.